The number of ether oxygens (including phenoxy) is 2. The molecule has 0 bridgehead atoms. The van der Waals surface area contributed by atoms with Gasteiger partial charge in [0.25, 0.3) is 5.91 Å². The van der Waals surface area contributed by atoms with Crippen molar-refractivity contribution in [3.05, 3.63) is 45.6 Å². The van der Waals surface area contributed by atoms with Crippen LogP contribution in [0.5, 0.6) is 11.5 Å². The van der Waals surface area contributed by atoms with E-state index in [2.05, 4.69) is 6.92 Å². The van der Waals surface area contributed by atoms with Crippen molar-refractivity contribution in [1.29, 1.82) is 0 Å². The van der Waals surface area contributed by atoms with E-state index in [-0.39, 0.29) is 11.9 Å². The molecule has 2 heterocycles. The fourth-order valence-corrected chi connectivity index (χ4v) is 3.64. The first-order valence-corrected chi connectivity index (χ1v) is 8.13. The Hall–Kier alpha value is -2.01. The first-order chi connectivity index (χ1) is 10.7. The fourth-order valence-electron chi connectivity index (χ4n) is 2.96. The van der Waals surface area contributed by atoms with Crippen molar-refractivity contribution >= 4 is 17.2 Å². The van der Waals surface area contributed by atoms with Gasteiger partial charge in [0.1, 0.15) is 0 Å². The Morgan fingerprint density at radius 2 is 2.00 bits per heavy atom. The third-order valence-electron chi connectivity index (χ3n) is 4.18. The highest BCUT2D eigenvalue weighted by molar-refractivity contribution is 7.12. The summed E-state index contributed by atoms with van der Waals surface area (Å²) in [6.07, 6.45) is 0.830. The largest absolute Gasteiger partial charge is 0.493 e. The highest BCUT2D eigenvalue weighted by Crippen LogP contribution is 2.38. The summed E-state index contributed by atoms with van der Waals surface area (Å²) in [7, 11) is 3.27. The molecule has 0 spiro atoms. The standard InChI is InChI=1S/C17H19NO3S/c1-11-13-10-15(21-3)14(20-2)9-12(13)6-7-18(11)17(19)16-5-4-8-22-16/h4-5,8-11H,6-7H2,1-3H3/t11-/m0/s1. The minimum atomic E-state index is 0.0261. The monoisotopic (exact) mass is 317 g/mol. The number of amides is 1. The van der Waals surface area contributed by atoms with Gasteiger partial charge in [-0.05, 0) is 48.1 Å². The van der Waals surface area contributed by atoms with Crippen molar-refractivity contribution in [2.24, 2.45) is 0 Å². The number of rotatable bonds is 3. The highest BCUT2D eigenvalue weighted by Gasteiger charge is 2.30. The average Bonchev–Trinajstić information content (AvgIpc) is 3.08. The van der Waals surface area contributed by atoms with Crippen LogP contribution in [0.25, 0.3) is 0 Å². The van der Waals surface area contributed by atoms with E-state index in [0.29, 0.717) is 5.75 Å². The van der Waals surface area contributed by atoms with E-state index >= 15 is 0 Å². The number of fused-ring (bicyclic) bond motifs is 1. The number of carbonyl (C=O) groups excluding carboxylic acids is 1. The molecule has 1 amide bonds. The maximum atomic E-state index is 12.6. The Kier molecular flexibility index (Phi) is 4.07. The molecule has 0 aliphatic carbocycles. The first-order valence-electron chi connectivity index (χ1n) is 7.25. The lowest BCUT2D eigenvalue weighted by Crippen LogP contribution is -2.38. The Morgan fingerprint density at radius 3 is 2.64 bits per heavy atom. The number of hydrogen-bond donors (Lipinski definition) is 0. The van der Waals surface area contributed by atoms with Crippen LogP contribution in [0.4, 0.5) is 0 Å². The van der Waals surface area contributed by atoms with Crippen LogP contribution in [0.1, 0.15) is 33.8 Å². The second kappa shape index (κ2) is 6.01. The molecule has 2 aromatic rings. The molecule has 1 aromatic heterocycles. The summed E-state index contributed by atoms with van der Waals surface area (Å²) in [6, 6.07) is 7.83. The van der Waals surface area contributed by atoms with Crippen LogP contribution in [0, 0.1) is 0 Å². The predicted octanol–water partition coefficient (Wildman–Crippen LogP) is 3.52. The van der Waals surface area contributed by atoms with Gasteiger partial charge in [0.05, 0.1) is 25.1 Å². The number of hydrogen-bond acceptors (Lipinski definition) is 4. The van der Waals surface area contributed by atoms with E-state index in [0.717, 1.165) is 29.2 Å². The Balaban J connectivity index is 1.95. The average molecular weight is 317 g/mol. The topological polar surface area (TPSA) is 38.8 Å². The lowest BCUT2D eigenvalue weighted by molar-refractivity contribution is 0.0682. The smallest absolute Gasteiger partial charge is 0.264 e. The first kappa shape index (κ1) is 14.9. The molecular weight excluding hydrogens is 298 g/mol. The summed E-state index contributed by atoms with van der Waals surface area (Å²) in [5, 5.41) is 1.93. The van der Waals surface area contributed by atoms with E-state index in [1.54, 1.807) is 14.2 Å². The van der Waals surface area contributed by atoms with Crippen LogP contribution >= 0.6 is 11.3 Å². The van der Waals surface area contributed by atoms with Gasteiger partial charge in [-0.25, -0.2) is 0 Å². The molecule has 1 aliphatic heterocycles. The van der Waals surface area contributed by atoms with Crippen LogP contribution in [0.3, 0.4) is 0 Å². The van der Waals surface area contributed by atoms with E-state index in [1.807, 2.05) is 34.5 Å². The zero-order valence-corrected chi connectivity index (χ0v) is 13.8. The molecule has 4 nitrogen and oxygen atoms in total. The van der Waals surface area contributed by atoms with Crippen LogP contribution in [0.15, 0.2) is 29.6 Å². The summed E-state index contributed by atoms with van der Waals surface area (Å²) >= 11 is 1.49. The second-order valence-electron chi connectivity index (χ2n) is 5.31. The van der Waals surface area contributed by atoms with Crippen molar-refractivity contribution in [3.8, 4) is 11.5 Å². The van der Waals surface area contributed by atoms with Crippen molar-refractivity contribution < 1.29 is 14.3 Å². The number of thiophene rings is 1. The SMILES string of the molecule is COc1cc2c(cc1OC)[C@H](C)N(C(=O)c1cccs1)CC2. The van der Waals surface area contributed by atoms with Gasteiger partial charge in [0.2, 0.25) is 0 Å². The van der Waals surface area contributed by atoms with E-state index < -0.39 is 0 Å². The molecule has 1 aromatic carbocycles. The zero-order valence-electron chi connectivity index (χ0n) is 13.0. The van der Waals surface area contributed by atoms with Gasteiger partial charge in [-0.15, -0.1) is 11.3 Å². The molecule has 0 saturated heterocycles. The molecule has 0 N–H and O–H groups in total. The van der Waals surface area contributed by atoms with E-state index in [9.17, 15) is 4.79 Å². The normalized spacial score (nSPS) is 17.0. The number of nitrogens with zero attached hydrogens (tertiary/aromatic N) is 1. The lowest BCUT2D eigenvalue weighted by Gasteiger charge is -2.35. The number of methoxy groups -OCH3 is 2. The van der Waals surface area contributed by atoms with Crippen molar-refractivity contribution in [2.75, 3.05) is 20.8 Å². The van der Waals surface area contributed by atoms with Gasteiger partial charge in [0, 0.05) is 6.54 Å². The summed E-state index contributed by atoms with van der Waals surface area (Å²) in [6.45, 7) is 2.79. The van der Waals surface area contributed by atoms with Crippen LogP contribution in [-0.4, -0.2) is 31.6 Å². The third-order valence-corrected chi connectivity index (χ3v) is 5.04. The van der Waals surface area contributed by atoms with E-state index in [1.165, 1.54) is 16.9 Å². The molecule has 1 aliphatic rings. The molecule has 0 saturated carbocycles. The quantitative estimate of drug-likeness (QED) is 0.869. The van der Waals surface area contributed by atoms with Gasteiger partial charge in [-0.3, -0.25) is 4.79 Å². The van der Waals surface area contributed by atoms with Crippen molar-refractivity contribution in [1.82, 2.24) is 4.90 Å². The van der Waals surface area contributed by atoms with Crippen LogP contribution < -0.4 is 9.47 Å². The summed E-state index contributed by atoms with van der Waals surface area (Å²) in [5.41, 5.74) is 2.36. The molecule has 0 unspecified atom stereocenters. The third kappa shape index (κ3) is 2.46. The highest BCUT2D eigenvalue weighted by atomic mass is 32.1. The summed E-state index contributed by atoms with van der Waals surface area (Å²) < 4.78 is 10.8. The van der Waals surface area contributed by atoms with Gasteiger partial charge in [-0.1, -0.05) is 6.07 Å². The molecule has 22 heavy (non-hydrogen) atoms. The minimum Gasteiger partial charge on any atom is -0.493 e. The molecular formula is C17H19NO3S. The van der Waals surface area contributed by atoms with Crippen molar-refractivity contribution in [2.45, 2.75) is 19.4 Å². The molecule has 0 radical (unpaired) electrons. The van der Waals surface area contributed by atoms with Crippen LogP contribution in [0.2, 0.25) is 0 Å². The minimum absolute atomic E-state index is 0.0261. The van der Waals surface area contributed by atoms with Gasteiger partial charge >= 0.3 is 0 Å². The van der Waals surface area contributed by atoms with Gasteiger partial charge < -0.3 is 14.4 Å². The van der Waals surface area contributed by atoms with Crippen molar-refractivity contribution in [3.63, 3.8) is 0 Å². The maximum absolute atomic E-state index is 12.6. The summed E-state index contributed by atoms with van der Waals surface area (Å²) in [4.78, 5) is 15.4. The second-order valence-corrected chi connectivity index (χ2v) is 6.26. The number of benzene rings is 1. The molecule has 0 fully saturated rings. The van der Waals surface area contributed by atoms with E-state index in [4.69, 9.17) is 9.47 Å². The molecule has 5 heteroatoms. The summed E-state index contributed by atoms with van der Waals surface area (Å²) in [5.74, 6) is 1.55. The molecule has 3 rings (SSSR count). The Morgan fingerprint density at radius 1 is 1.27 bits per heavy atom. The molecule has 1 atom stereocenters. The Labute approximate surface area is 134 Å². The predicted molar refractivity (Wildman–Crippen MR) is 87.0 cm³/mol. The van der Waals surface area contributed by atoms with Gasteiger partial charge in [-0.2, -0.15) is 0 Å². The molecule has 116 valence electrons. The fraction of sp³-hybridized carbons (Fsp3) is 0.353. The van der Waals surface area contributed by atoms with Crippen LogP contribution in [-0.2, 0) is 6.42 Å². The number of carbonyl (C=O) groups is 1. The zero-order chi connectivity index (χ0) is 15.7. The van der Waals surface area contributed by atoms with Gasteiger partial charge in [0.15, 0.2) is 11.5 Å². The maximum Gasteiger partial charge on any atom is 0.264 e. The lowest BCUT2D eigenvalue weighted by atomic mass is 9.92. The Bertz CT molecular complexity index is 681.